The van der Waals surface area contributed by atoms with Gasteiger partial charge in [0.05, 0.1) is 0 Å². The summed E-state index contributed by atoms with van der Waals surface area (Å²) in [7, 11) is 0. The van der Waals surface area contributed by atoms with E-state index in [1.165, 1.54) is 0 Å². The Kier molecular flexibility index (Phi) is 8.26. The quantitative estimate of drug-likeness (QED) is 0.642. The highest BCUT2D eigenvalue weighted by Crippen LogP contribution is 2.19. The Balaban J connectivity index is 4.43. The van der Waals surface area contributed by atoms with Gasteiger partial charge < -0.3 is 15.7 Å². The lowest BCUT2D eigenvalue weighted by Gasteiger charge is -2.26. The first-order valence-corrected chi connectivity index (χ1v) is 7.47. The zero-order valence-electron chi connectivity index (χ0n) is 13.6. The molecule has 0 rings (SSSR count). The topological polar surface area (TPSA) is 78.4 Å². The number of carboxylic acids is 1. The molecule has 0 aliphatic heterocycles. The lowest BCUT2D eigenvalue weighted by Crippen LogP contribution is -2.50. The molecule has 0 heterocycles. The fourth-order valence-electron chi connectivity index (χ4n) is 2.33. The minimum Gasteiger partial charge on any atom is -0.480 e. The smallest absolute Gasteiger partial charge is 0.326 e. The van der Waals surface area contributed by atoms with Crippen LogP contribution in [0.5, 0.6) is 0 Å². The molecule has 20 heavy (non-hydrogen) atoms. The molecule has 118 valence electrons. The van der Waals surface area contributed by atoms with Crippen LogP contribution in [0.3, 0.4) is 0 Å². The van der Waals surface area contributed by atoms with E-state index in [1.54, 1.807) is 0 Å². The molecule has 0 spiro atoms. The number of amides is 2. The molecule has 2 amide bonds. The van der Waals surface area contributed by atoms with Gasteiger partial charge >= 0.3 is 12.0 Å². The normalized spacial score (nSPS) is 14.4. The van der Waals surface area contributed by atoms with E-state index >= 15 is 0 Å². The number of carbonyl (C=O) groups excluding carboxylic acids is 1. The van der Waals surface area contributed by atoms with Crippen molar-refractivity contribution < 1.29 is 14.7 Å². The number of hydrogen-bond acceptors (Lipinski definition) is 2. The van der Waals surface area contributed by atoms with Gasteiger partial charge in [-0.3, -0.25) is 0 Å². The van der Waals surface area contributed by atoms with E-state index in [0.29, 0.717) is 30.7 Å². The lowest BCUT2D eigenvalue weighted by molar-refractivity contribution is -0.140. The largest absolute Gasteiger partial charge is 0.480 e. The third kappa shape index (κ3) is 6.26. The van der Waals surface area contributed by atoms with Crippen molar-refractivity contribution in [3.8, 4) is 0 Å². The molecule has 0 aliphatic rings. The third-order valence-electron chi connectivity index (χ3n) is 3.98. The zero-order valence-corrected chi connectivity index (χ0v) is 13.6. The summed E-state index contributed by atoms with van der Waals surface area (Å²) in [4.78, 5) is 23.0. The summed E-state index contributed by atoms with van der Waals surface area (Å²) in [6.07, 6.45) is 0.706. The average molecular weight is 286 g/mol. The average Bonchev–Trinajstić information content (AvgIpc) is 2.33. The van der Waals surface area contributed by atoms with Gasteiger partial charge in [0.2, 0.25) is 0 Å². The molecule has 0 saturated carbocycles. The van der Waals surface area contributed by atoms with Gasteiger partial charge in [-0.15, -0.1) is 0 Å². The van der Waals surface area contributed by atoms with Gasteiger partial charge in [-0.25, -0.2) is 9.59 Å². The summed E-state index contributed by atoms with van der Waals surface area (Å²) >= 11 is 0. The zero-order chi connectivity index (χ0) is 15.9. The third-order valence-corrected chi connectivity index (χ3v) is 3.98. The predicted molar refractivity (Wildman–Crippen MR) is 80.6 cm³/mol. The van der Waals surface area contributed by atoms with E-state index in [-0.39, 0.29) is 5.92 Å². The molecule has 0 radical (unpaired) electrons. The number of aliphatic carboxylic acids is 1. The van der Waals surface area contributed by atoms with Crippen LogP contribution in [0.15, 0.2) is 0 Å². The number of carboxylic acid groups (broad SMARTS) is 1. The highest BCUT2D eigenvalue weighted by atomic mass is 16.4. The highest BCUT2D eigenvalue weighted by molar-refractivity contribution is 5.82. The molecule has 0 aromatic carbocycles. The second-order valence-electron chi connectivity index (χ2n) is 6.21. The Morgan fingerprint density at radius 2 is 1.55 bits per heavy atom. The predicted octanol–water partition coefficient (Wildman–Crippen LogP) is 2.71. The van der Waals surface area contributed by atoms with Crippen molar-refractivity contribution in [3.63, 3.8) is 0 Å². The Hall–Kier alpha value is -1.26. The van der Waals surface area contributed by atoms with E-state index in [1.807, 2.05) is 13.8 Å². The van der Waals surface area contributed by atoms with E-state index in [2.05, 4.69) is 38.3 Å². The van der Waals surface area contributed by atoms with Crippen molar-refractivity contribution in [1.29, 1.82) is 0 Å². The highest BCUT2D eigenvalue weighted by Gasteiger charge is 2.26. The summed E-state index contributed by atoms with van der Waals surface area (Å²) in [6, 6.07) is -1.24. The van der Waals surface area contributed by atoms with Gasteiger partial charge in [0.15, 0.2) is 0 Å². The number of rotatable bonds is 8. The minimum atomic E-state index is -0.987. The molecule has 0 aromatic rings. The van der Waals surface area contributed by atoms with Crippen LogP contribution in [0, 0.1) is 23.7 Å². The van der Waals surface area contributed by atoms with Gasteiger partial charge in [0.25, 0.3) is 0 Å². The summed E-state index contributed by atoms with van der Waals surface area (Å²) in [6.45, 7) is 12.8. The van der Waals surface area contributed by atoms with E-state index in [0.717, 1.165) is 0 Å². The van der Waals surface area contributed by atoms with Crippen molar-refractivity contribution in [2.45, 2.75) is 54.0 Å². The molecule has 5 nitrogen and oxygen atoms in total. The van der Waals surface area contributed by atoms with Crippen LogP contribution in [0.2, 0.25) is 0 Å². The number of urea groups is 1. The molecule has 1 unspecified atom stereocenters. The van der Waals surface area contributed by atoms with Gasteiger partial charge in [-0.05, 0) is 23.7 Å². The van der Waals surface area contributed by atoms with Crippen molar-refractivity contribution >= 4 is 12.0 Å². The molecule has 0 saturated heterocycles. The van der Waals surface area contributed by atoms with Crippen LogP contribution in [0.25, 0.3) is 0 Å². The van der Waals surface area contributed by atoms with E-state index in [9.17, 15) is 9.59 Å². The molecule has 5 heteroatoms. The van der Waals surface area contributed by atoms with Crippen LogP contribution in [0.4, 0.5) is 4.79 Å². The SMILES string of the molecule is CCC(C)[C@H](NC(=O)NCC(C(C)C)C(C)C)C(=O)O. The van der Waals surface area contributed by atoms with Gasteiger partial charge in [-0.2, -0.15) is 0 Å². The first kappa shape index (κ1) is 18.7. The molecular formula is C15H30N2O3. The van der Waals surface area contributed by atoms with Crippen molar-refractivity contribution in [2.75, 3.05) is 6.54 Å². The molecular weight excluding hydrogens is 256 g/mol. The molecule has 3 N–H and O–H groups in total. The molecule has 2 atom stereocenters. The fourth-order valence-corrected chi connectivity index (χ4v) is 2.33. The Morgan fingerprint density at radius 3 is 1.90 bits per heavy atom. The van der Waals surface area contributed by atoms with Crippen molar-refractivity contribution in [2.24, 2.45) is 23.7 Å². The second kappa shape index (κ2) is 8.82. The minimum absolute atomic E-state index is 0.0933. The monoisotopic (exact) mass is 286 g/mol. The maximum absolute atomic E-state index is 11.8. The van der Waals surface area contributed by atoms with Gasteiger partial charge in [0, 0.05) is 6.54 Å². The maximum Gasteiger partial charge on any atom is 0.326 e. The molecule has 0 aliphatic carbocycles. The van der Waals surface area contributed by atoms with E-state index < -0.39 is 18.0 Å². The number of hydrogen-bond donors (Lipinski definition) is 3. The van der Waals surface area contributed by atoms with Crippen LogP contribution >= 0.6 is 0 Å². The fraction of sp³-hybridized carbons (Fsp3) is 0.867. The van der Waals surface area contributed by atoms with Crippen molar-refractivity contribution in [3.05, 3.63) is 0 Å². The first-order valence-electron chi connectivity index (χ1n) is 7.47. The lowest BCUT2D eigenvalue weighted by atomic mass is 9.85. The van der Waals surface area contributed by atoms with Crippen LogP contribution < -0.4 is 10.6 Å². The maximum atomic E-state index is 11.8. The number of nitrogens with one attached hydrogen (secondary N) is 2. The van der Waals surface area contributed by atoms with Crippen LogP contribution in [0.1, 0.15) is 48.0 Å². The van der Waals surface area contributed by atoms with Gasteiger partial charge in [0.1, 0.15) is 6.04 Å². The summed E-state index contributed by atoms with van der Waals surface area (Å²) in [5.41, 5.74) is 0. The summed E-state index contributed by atoms with van der Waals surface area (Å²) in [5.74, 6) is 0.246. The van der Waals surface area contributed by atoms with Gasteiger partial charge in [-0.1, -0.05) is 48.0 Å². The molecule has 0 fully saturated rings. The van der Waals surface area contributed by atoms with Crippen LogP contribution in [-0.4, -0.2) is 29.7 Å². The second-order valence-corrected chi connectivity index (χ2v) is 6.21. The molecule has 0 bridgehead atoms. The Labute approximate surface area is 122 Å². The summed E-state index contributed by atoms with van der Waals surface area (Å²) in [5, 5.41) is 14.5. The Morgan fingerprint density at radius 1 is 1.05 bits per heavy atom. The first-order chi connectivity index (χ1) is 9.20. The standard InChI is InChI=1S/C15H30N2O3/c1-7-11(6)13(14(18)19)17-15(20)16-8-12(9(2)3)10(4)5/h9-13H,7-8H2,1-6H3,(H,18,19)(H2,16,17,20)/t11?,13-/m0/s1. The molecule has 0 aromatic heterocycles. The van der Waals surface area contributed by atoms with E-state index in [4.69, 9.17) is 5.11 Å². The Bertz CT molecular complexity index is 308. The van der Waals surface area contributed by atoms with Crippen molar-refractivity contribution in [1.82, 2.24) is 10.6 Å². The summed E-state index contributed by atoms with van der Waals surface area (Å²) < 4.78 is 0. The number of carbonyl (C=O) groups is 2. The van der Waals surface area contributed by atoms with Crippen LogP contribution in [-0.2, 0) is 4.79 Å².